The summed E-state index contributed by atoms with van der Waals surface area (Å²) < 4.78 is 14.0. The van der Waals surface area contributed by atoms with E-state index < -0.39 is 0 Å². The van der Waals surface area contributed by atoms with Crippen molar-refractivity contribution in [3.63, 3.8) is 0 Å². The van der Waals surface area contributed by atoms with Crippen LogP contribution in [0, 0.1) is 0 Å². The van der Waals surface area contributed by atoms with E-state index in [2.05, 4.69) is 37.8 Å². The monoisotopic (exact) mass is 490 g/mol. The normalized spacial score (nSPS) is 24.7. The smallest absolute Gasteiger partial charge is 0.219 e. The summed E-state index contributed by atoms with van der Waals surface area (Å²) in [5.74, 6) is 1.49. The zero-order valence-corrected chi connectivity index (χ0v) is 20.8. The Balaban J connectivity index is 1.20. The number of hydrogen-bond donors (Lipinski definition) is 1. The Labute approximate surface area is 211 Å². The van der Waals surface area contributed by atoms with Crippen LogP contribution in [-0.2, 0) is 9.53 Å². The molecule has 1 atom stereocenters. The minimum atomic E-state index is 0.172. The van der Waals surface area contributed by atoms with Crippen LogP contribution in [0.1, 0.15) is 38.6 Å². The second-order valence-electron chi connectivity index (χ2n) is 10.2. The summed E-state index contributed by atoms with van der Waals surface area (Å²) in [5.41, 5.74) is 9.33. The third kappa shape index (κ3) is 4.41. The van der Waals surface area contributed by atoms with Crippen molar-refractivity contribution < 1.29 is 14.3 Å². The van der Waals surface area contributed by atoms with Crippen LogP contribution in [0.15, 0.2) is 36.8 Å². The SMILES string of the molecule is CC(=O)N1CCN(C2CC(n3cc(-c4cccc(OCC5CCCO5)c4)c4c(N)ncnc43)C2)CC1. The highest BCUT2D eigenvalue weighted by Crippen LogP contribution is 2.42. The maximum Gasteiger partial charge on any atom is 0.219 e. The lowest BCUT2D eigenvalue weighted by Crippen LogP contribution is -2.54. The van der Waals surface area contributed by atoms with Crippen LogP contribution < -0.4 is 10.5 Å². The number of hydrogen-bond acceptors (Lipinski definition) is 7. The van der Waals surface area contributed by atoms with Crippen LogP contribution in [0.3, 0.4) is 0 Å². The van der Waals surface area contributed by atoms with E-state index in [1.54, 1.807) is 13.3 Å². The second-order valence-corrected chi connectivity index (χ2v) is 10.2. The van der Waals surface area contributed by atoms with Gasteiger partial charge in [-0.25, -0.2) is 9.97 Å². The number of benzene rings is 1. The molecule has 1 aliphatic carbocycles. The van der Waals surface area contributed by atoms with E-state index >= 15 is 0 Å². The van der Waals surface area contributed by atoms with Gasteiger partial charge in [-0.05, 0) is 43.4 Å². The summed E-state index contributed by atoms with van der Waals surface area (Å²) in [4.78, 5) is 25.1. The van der Waals surface area contributed by atoms with Crippen molar-refractivity contribution in [1.82, 2.24) is 24.3 Å². The lowest BCUT2D eigenvalue weighted by molar-refractivity contribution is -0.131. The quantitative estimate of drug-likeness (QED) is 0.567. The van der Waals surface area contributed by atoms with Crippen LogP contribution in [0.25, 0.3) is 22.2 Å². The first-order valence-electron chi connectivity index (χ1n) is 13.0. The topological polar surface area (TPSA) is 98.7 Å². The summed E-state index contributed by atoms with van der Waals surface area (Å²) in [5, 5.41) is 0.896. The molecular weight excluding hydrogens is 456 g/mol. The van der Waals surface area contributed by atoms with E-state index in [1.165, 1.54) is 0 Å². The summed E-state index contributed by atoms with van der Waals surface area (Å²) in [6.07, 6.45) is 8.20. The maximum absolute atomic E-state index is 11.7. The molecule has 9 heteroatoms. The third-order valence-electron chi connectivity index (χ3n) is 8.00. The number of carbonyl (C=O) groups is 1. The number of nitrogens with zero attached hydrogens (tertiary/aromatic N) is 5. The molecule has 9 nitrogen and oxygen atoms in total. The van der Waals surface area contributed by atoms with Gasteiger partial charge >= 0.3 is 0 Å². The van der Waals surface area contributed by atoms with Gasteiger partial charge in [-0.15, -0.1) is 0 Å². The Morgan fingerprint density at radius 1 is 1.17 bits per heavy atom. The van der Waals surface area contributed by atoms with Crippen molar-refractivity contribution in [1.29, 1.82) is 0 Å². The van der Waals surface area contributed by atoms with E-state index in [4.69, 9.17) is 15.2 Å². The van der Waals surface area contributed by atoms with E-state index in [0.29, 0.717) is 24.5 Å². The molecule has 4 heterocycles. The molecule has 0 radical (unpaired) electrons. The van der Waals surface area contributed by atoms with Gasteiger partial charge in [-0.3, -0.25) is 9.69 Å². The first-order chi connectivity index (χ1) is 17.6. The predicted molar refractivity (Wildman–Crippen MR) is 138 cm³/mol. The number of aromatic nitrogens is 3. The predicted octanol–water partition coefficient (Wildman–Crippen LogP) is 3.11. The van der Waals surface area contributed by atoms with E-state index in [9.17, 15) is 4.79 Å². The molecule has 2 aromatic heterocycles. The van der Waals surface area contributed by atoms with Gasteiger partial charge in [-0.2, -0.15) is 0 Å². The molecule has 36 heavy (non-hydrogen) atoms. The summed E-state index contributed by atoms with van der Waals surface area (Å²) in [6, 6.07) is 9.06. The lowest BCUT2D eigenvalue weighted by atomic mass is 9.85. The molecule has 0 spiro atoms. The van der Waals surface area contributed by atoms with Gasteiger partial charge in [0, 0.05) is 63.6 Å². The van der Waals surface area contributed by atoms with Gasteiger partial charge in [0.05, 0.1) is 11.5 Å². The van der Waals surface area contributed by atoms with Crippen molar-refractivity contribution in [2.24, 2.45) is 0 Å². The number of nitrogens with two attached hydrogens (primary N) is 1. The van der Waals surface area contributed by atoms with Crippen molar-refractivity contribution >= 4 is 22.8 Å². The molecule has 2 aliphatic heterocycles. The maximum atomic E-state index is 11.7. The van der Waals surface area contributed by atoms with Gasteiger partial charge in [0.25, 0.3) is 0 Å². The van der Waals surface area contributed by atoms with E-state index in [1.807, 2.05) is 17.0 Å². The van der Waals surface area contributed by atoms with Gasteiger partial charge in [-0.1, -0.05) is 12.1 Å². The molecule has 3 fully saturated rings. The van der Waals surface area contributed by atoms with E-state index in [-0.39, 0.29) is 12.0 Å². The Kier molecular flexibility index (Phi) is 6.27. The largest absolute Gasteiger partial charge is 0.491 e. The number of carbonyl (C=O) groups excluding carboxylic acids is 1. The number of rotatable bonds is 6. The van der Waals surface area contributed by atoms with Gasteiger partial charge in [0.1, 0.15) is 30.1 Å². The molecule has 1 aromatic carbocycles. The Morgan fingerprint density at radius 3 is 2.75 bits per heavy atom. The molecular formula is C27H34N6O3. The van der Waals surface area contributed by atoms with Crippen LogP contribution in [0.2, 0.25) is 0 Å². The highest BCUT2D eigenvalue weighted by atomic mass is 16.5. The molecule has 1 amide bonds. The van der Waals surface area contributed by atoms with Crippen LogP contribution in [-0.4, -0.2) is 81.8 Å². The number of nitrogen functional groups attached to an aromatic ring is 1. The van der Waals surface area contributed by atoms with Crippen molar-refractivity contribution in [3.05, 3.63) is 36.8 Å². The second kappa shape index (κ2) is 9.71. The lowest BCUT2D eigenvalue weighted by Gasteiger charge is -2.46. The highest BCUT2D eigenvalue weighted by molar-refractivity contribution is 6.00. The van der Waals surface area contributed by atoms with Gasteiger partial charge < -0.3 is 24.7 Å². The molecule has 2 saturated heterocycles. The van der Waals surface area contributed by atoms with Crippen molar-refractivity contribution in [2.75, 3.05) is 45.1 Å². The van der Waals surface area contributed by atoms with Gasteiger partial charge in [0.15, 0.2) is 0 Å². The van der Waals surface area contributed by atoms with Crippen LogP contribution in [0.5, 0.6) is 5.75 Å². The fourth-order valence-corrected chi connectivity index (χ4v) is 5.81. The number of piperazine rings is 1. The minimum Gasteiger partial charge on any atom is -0.491 e. The average molecular weight is 491 g/mol. The van der Waals surface area contributed by atoms with Crippen molar-refractivity contribution in [3.8, 4) is 16.9 Å². The fourth-order valence-electron chi connectivity index (χ4n) is 5.81. The first-order valence-corrected chi connectivity index (χ1v) is 13.0. The zero-order chi connectivity index (χ0) is 24.6. The third-order valence-corrected chi connectivity index (χ3v) is 8.00. The minimum absolute atomic E-state index is 0.172. The molecule has 190 valence electrons. The Morgan fingerprint density at radius 2 is 2.00 bits per heavy atom. The molecule has 3 aliphatic rings. The van der Waals surface area contributed by atoms with E-state index in [0.717, 1.165) is 86.4 Å². The standard InChI is InChI=1S/C27H34N6O3/c1-18(34)31-7-9-32(10-8-31)20-13-21(14-20)33-15-24(25-26(28)29-17-30-27(25)33)19-4-2-5-22(12-19)36-16-23-6-3-11-35-23/h2,4-5,12,15,17,20-21,23H,3,6-11,13-14,16H2,1H3,(H2,28,29,30). The summed E-state index contributed by atoms with van der Waals surface area (Å²) in [6.45, 7) is 6.59. The molecule has 3 aromatic rings. The fraction of sp³-hybridized carbons (Fsp3) is 0.519. The first kappa shape index (κ1) is 23.2. The number of ether oxygens (including phenoxy) is 2. The van der Waals surface area contributed by atoms with Crippen molar-refractivity contribution in [2.45, 2.75) is 50.8 Å². The molecule has 1 unspecified atom stereocenters. The summed E-state index contributed by atoms with van der Waals surface area (Å²) >= 11 is 0. The number of fused-ring (bicyclic) bond motifs is 1. The molecule has 6 rings (SSSR count). The summed E-state index contributed by atoms with van der Waals surface area (Å²) in [7, 11) is 0. The van der Waals surface area contributed by atoms with Crippen LogP contribution in [0.4, 0.5) is 5.82 Å². The van der Waals surface area contributed by atoms with Gasteiger partial charge in [0.2, 0.25) is 5.91 Å². The van der Waals surface area contributed by atoms with Crippen LogP contribution >= 0.6 is 0 Å². The highest BCUT2D eigenvalue weighted by Gasteiger charge is 2.37. The zero-order valence-electron chi connectivity index (χ0n) is 20.8. The Hall–Kier alpha value is -3.17. The molecule has 0 bridgehead atoms. The Bertz CT molecular complexity index is 1240. The number of anilines is 1. The average Bonchev–Trinajstić information content (AvgIpc) is 3.52. The molecule has 2 N–H and O–H groups in total. The number of amides is 1. The molecule has 1 saturated carbocycles.